The summed E-state index contributed by atoms with van der Waals surface area (Å²) in [6, 6.07) is 7.07. The Morgan fingerprint density at radius 1 is 1.35 bits per heavy atom. The SMILES string of the molecule is COCCCc1ccc(CC(N)C(=O)O)cc1. The minimum absolute atomic E-state index is 0.369. The summed E-state index contributed by atoms with van der Waals surface area (Å²) in [5.41, 5.74) is 7.65. The molecular weight excluding hydrogens is 218 g/mol. The number of carbonyl (C=O) groups is 1. The zero-order valence-corrected chi connectivity index (χ0v) is 10.1. The summed E-state index contributed by atoms with van der Waals surface area (Å²) in [4.78, 5) is 10.6. The van der Waals surface area contributed by atoms with Crippen LogP contribution in [0, 0.1) is 0 Å². The van der Waals surface area contributed by atoms with Gasteiger partial charge in [0.1, 0.15) is 6.04 Å². The molecule has 1 unspecified atom stereocenters. The smallest absolute Gasteiger partial charge is 0.320 e. The highest BCUT2D eigenvalue weighted by Gasteiger charge is 2.11. The maximum atomic E-state index is 10.6. The van der Waals surface area contributed by atoms with Gasteiger partial charge in [-0.3, -0.25) is 4.79 Å². The third-order valence-corrected chi connectivity index (χ3v) is 2.61. The molecule has 0 fully saturated rings. The molecule has 1 aromatic carbocycles. The number of carboxylic acid groups (broad SMARTS) is 1. The molecule has 0 aliphatic rings. The van der Waals surface area contributed by atoms with Crippen molar-refractivity contribution in [3.8, 4) is 0 Å². The van der Waals surface area contributed by atoms with Gasteiger partial charge < -0.3 is 15.6 Å². The lowest BCUT2D eigenvalue weighted by Crippen LogP contribution is -2.32. The van der Waals surface area contributed by atoms with E-state index in [1.54, 1.807) is 7.11 Å². The van der Waals surface area contributed by atoms with Crippen molar-refractivity contribution in [1.82, 2.24) is 0 Å². The lowest BCUT2D eigenvalue weighted by atomic mass is 10.0. The van der Waals surface area contributed by atoms with E-state index in [9.17, 15) is 4.79 Å². The lowest BCUT2D eigenvalue weighted by Gasteiger charge is -2.07. The van der Waals surface area contributed by atoms with E-state index in [2.05, 4.69) is 0 Å². The minimum Gasteiger partial charge on any atom is -0.480 e. The number of rotatable bonds is 7. The molecule has 0 aliphatic carbocycles. The Bertz CT molecular complexity index is 348. The van der Waals surface area contributed by atoms with Crippen LogP contribution in [-0.2, 0) is 22.4 Å². The van der Waals surface area contributed by atoms with Crippen LogP contribution in [-0.4, -0.2) is 30.8 Å². The summed E-state index contributed by atoms with van der Waals surface area (Å²) >= 11 is 0. The maximum absolute atomic E-state index is 10.6. The zero-order chi connectivity index (χ0) is 12.7. The summed E-state index contributed by atoms with van der Waals surface area (Å²) in [5, 5.41) is 8.70. The topological polar surface area (TPSA) is 72.5 Å². The first-order valence-corrected chi connectivity index (χ1v) is 5.68. The van der Waals surface area contributed by atoms with Crippen molar-refractivity contribution >= 4 is 5.97 Å². The average molecular weight is 237 g/mol. The summed E-state index contributed by atoms with van der Waals surface area (Å²) in [6.45, 7) is 0.756. The second kappa shape index (κ2) is 7.04. The first-order chi connectivity index (χ1) is 8.13. The fourth-order valence-corrected chi connectivity index (χ4v) is 1.60. The molecule has 17 heavy (non-hydrogen) atoms. The molecule has 1 aromatic rings. The molecular formula is C13H19NO3. The van der Waals surface area contributed by atoms with Crippen LogP contribution in [0.25, 0.3) is 0 Å². The van der Waals surface area contributed by atoms with E-state index in [0.29, 0.717) is 6.42 Å². The number of aliphatic carboxylic acids is 1. The van der Waals surface area contributed by atoms with Crippen molar-refractivity contribution in [3.05, 3.63) is 35.4 Å². The molecule has 94 valence electrons. The Morgan fingerprint density at radius 3 is 2.47 bits per heavy atom. The van der Waals surface area contributed by atoms with Crippen molar-refractivity contribution in [2.45, 2.75) is 25.3 Å². The van der Waals surface area contributed by atoms with E-state index in [4.69, 9.17) is 15.6 Å². The van der Waals surface area contributed by atoms with E-state index in [0.717, 1.165) is 25.0 Å². The minimum atomic E-state index is -0.964. The van der Waals surface area contributed by atoms with Crippen LogP contribution in [0.4, 0.5) is 0 Å². The molecule has 0 aromatic heterocycles. The zero-order valence-electron chi connectivity index (χ0n) is 10.1. The molecule has 0 spiro atoms. The van der Waals surface area contributed by atoms with Gasteiger partial charge >= 0.3 is 5.97 Å². The van der Waals surface area contributed by atoms with Crippen molar-refractivity contribution in [3.63, 3.8) is 0 Å². The number of ether oxygens (including phenoxy) is 1. The van der Waals surface area contributed by atoms with E-state index < -0.39 is 12.0 Å². The molecule has 4 heteroatoms. The number of benzene rings is 1. The van der Waals surface area contributed by atoms with Crippen LogP contribution in [0.1, 0.15) is 17.5 Å². The molecule has 0 radical (unpaired) electrons. The maximum Gasteiger partial charge on any atom is 0.320 e. The van der Waals surface area contributed by atoms with Gasteiger partial charge in [0.25, 0.3) is 0 Å². The number of nitrogens with two attached hydrogens (primary N) is 1. The fourth-order valence-electron chi connectivity index (χ4n) is 1.60. The summed E-state index contributed by atoms with van der Waals surface area (Å²) < 4.78 is 4.98. The van der Waals surface area contributed by atoms with Crippen molar-refractivity contribution in [2.75, 3.05) is 13.7 Å². The Balaban J connectivity index is 2.47. The van der Waals surface area contributed by atoms with E-state index >= 15 is 0 Å². The van der Waals surface area contributed by atoms with Crippen LogP contribution >= 0.6 is 0 Å². The Kier molecular flexibility index (Phi) is 5.66. The molecule has 3 N–H and O–H groups in total. The summed E-state index contributed by atoms with van der Waals surface area (Å²) in [5.74, 6) is -0.964. The van der Waals surface area contributed by atoms with Gasteiger partial charge in [0.15, 0.2) is 0 Å². The predicted molar refractivity (Wildman–Crippen MR) is 66.0 cm³/mol. The van der Waals surface area contributed by atoms with Gasteiger partial charge in [0.2, 0.25) is 0 Å². The highest BCUT2D eigenvalue weighted by Crippen LogP contribution is 2.08. The number of aryl methyl sites for hydroxylation is 1. The van der Waals surface area contributed by atoms with E-state index in [-0.39, 0.29) is 0 Å². The highest BCUT2D eigenvalue weighted by atomic mass is 16.5. The summed E-state index contributed by atoms with van der Waals surface area (Å²) in [7, 11) is 1.69. The van der Waals surface area contributed by atoms with Gasteiger partial charge in [-0.1, -0.05) is 24.3 Å². The third kappa shape index (κ3) is 4.97. The molecule has 0 aliphatic heterocycles. The van der Waals surface area contributed by atoms with Crippen molar-refractivity contribution in [1.29, 1.82) is 0 Å². The van der Waals surface area contributed by atoms with Crippen LogP contribution in [0.5, 0.6) is 0 Å². The Hall–Kier alpha value is -1.39. The molecule has 1 rings (SSSR count). The Labute approximate surface area is 101 Å². The first kappa shape index (κ1) is 13.7. The van der Waals surface area contributed by atoms with Gasteiger partial charge in [0.05, 0.1) is 0 Å². The standard InChI is InChI=1S/C13H19NO3/c1-17-8-2-3-10-4-6-11(7-5-10)9-12(14)13(15)16/h4-7,12H,2-3,8-9,14H2,1H3,(H,15,16). The van der Waals surface area contributed by atoms with Crippen LogP contribution < -0.4 is 5.73 Å². The molecule has 1 atom stereocenters. The molecule has 4 nitrogen and oxygen atoms in total. The normalized spacial score (nSPS) is 12.4. The Morgan fingerprint density at radius 2 is 1.94 bits per heavy atom. The number of hydrogen-bond acceptors (Lipinski definition) is 3. The van der Waals surface area contributed by atoms with Crippen molar-refractivity contribution < 1.29 is 14.6 Å². The lowest BCUT2D eigenvalue weighted by molar-refractivity contribution is -0.138. The number of hydrogen-bond donors (Lipinski definition) is 2. The van der Waals surface area contributed by atoms with Crippen LogP contribution in [0.15, 0.2) is 24.3 Å². The largest absolute Gasteiger partial charge is 0.480 e. The average Bonchev–Trinajstić information content (AvgIpc) is 2.31. The third-order valence-electron chi connectivity index (χ3n) is 2.61. The van der Waals surface area contributed by atoms with Gasteiger partial charge in [-0.25, -0.2) is 0 Å². The predicted octanol–water partition coefficient (Wildman–Crippen LogP) is 1.22. The van der Waals surface area contributed by atoms with Crippen molar-refractivity contribution in [2.24, 2.45) is 5.73 Å². The molecule has 0 saturated carbocycles. The van der Waals surface area contributed by atoms with Crippen LogP contribution in [0.2, 0.25) is 0 Å². The van der Waals surface area contributed by atoms with Gasteiger partial charge in [-0.05, 0) is 30.4 Å². The number of methoxy groups -OCH3 is 1. The monoisotopic (exact) mass is 237 g/mol. The molecule has 0 heterocycles. The summed E-state index contributed by atoms with van der Waals surface area (Å²) in [6.07, 6.45) is 2.33. The molecule has 0 saturated heterocycles. The van der Waals surface area contributed by atoms with E-state index in [1.807, 2.05) is 24.3 Å². The van der Waals surface area contributed by atoms with Crippen LogP contribution in [0.3, 0.4) is 0 Å². The quantitative estimate of drug-likeness (QED) is 0.699. The second-order valence-corrected chi connectivity index (χ2v) is 4.06. The highest BCUT2D eigenvalue weighted by molar-refractivity contribution is 5.73. The van der Waals surface area contributed by atoms with Gasteiger partial charge in [-0.2, -0.15) is 0 Å². The van der Waals surface area contributed by atoms with Gasteiger partial charge in [-0.15, -0.1) is 0 Å². The van der Waals surface area contributed by atoms with E-state index in [1.165, 1.54) is 5.56 Å². The fraction of sp³-hybridized carbons (Fsp3) is 0.462. The van der Waals surface area contributed by atoms with Gasteiger partial charge in [0, 0.05) is 13.7 Å². The molecule has 0 amide bonds. The first-order valence-electron chi connectivity index (χ1n) is 5.68. The number of carboxylic acids is 1. The molecule has 0 bridgehead atoms. The second-order valence-electron chi connectivity index (χ2n) is 4.06.